The molecule has 3 aromatic heterocycles. The van der Waals surface area contributed by atoms with E-state index in [0.29, 0.717) is 5.65 Å². The summed E-state index contributed by atoms with van der Waals surface area (Å²) in [4.78, 5) is 16.5. The number of pyridine rings is 1. The second-order valence-corrected chi connectivity index (χ2v) is 7.81. The van der Waals surface area contributed by atoms with Crippen molar-refractivity contribution in [3.05, 3.63) is 42.1 Å². The maximum absolute atomic E-state index is 10.7. The molecule has 4 aromatic rings. The van der Waals surface area contributed by atoms with E-state index in [1.165, 1.54) is 0 Å². The Hall–Kier alpha value is -2.77. The molecular formula is C20H22N6O. The van der Waals surface area contributed by atoms with Crippen molar-refractivity contribution in [2.45, 2.75) is 31.9 Å². The van der Waals surface area contributed by atoms with Crippen LogP contribution in [0.25, 0.3) is 27.8 Å². The number of para-hydroxylation sites is 2. The van der Waals surface area contributed by atoms with Crippen LogP contribution >= 0.6 is 0 Å². The molecule has 4 heterocycles. The van der Waals surface area contributed by atoms with E-state index in [1.54, 1.807) is 20.0 Å². The van der Waals surface area contributed by atoms with Gasteiger partial charge in [-0.15, -0.1) is 0 Å². The van der Waals surface area contributed by atoms with Gasteiger partial charge < -0.3 is 15.7 Å². The molecule has 1 aromatic carbocycles. The topological polar surface area (TPSA) is 92.6 Å². The number of nitrogens with two attached hydrogens (primary N) is 1. The zero-order valence-corrected chi connectivity index (χ0v) is 15.4. The number of hydrogen-bond acceptors (Lipinski definition) is 6. The van der Waals surface area contributed by atoms with Crippen molar-refractivity contribution in [3.63, 3.8) is 0 Å². The van der Waals surface area contributed by atoms with Crippen LogP contribution in [0.3, 0.4) is 0 Å². The highest BCUT2D eigenvalue weighted by Gasteiger charge is 2.26. The highest BCUT2D eigenvalue weighted by atomic mass is 16.3. The summed E-state index contributed by atoms with van der Waals surface area (Å²) in [6.07, 6.45) is 2.75. The van der Waals surface area contributed by atoms with Crippen LogP contribution in [-0.4, -0.2) is 43.6 Å². The standard InChI is InChI=1S/C20H22N6O/c1-20(2,27)13-9-15-19(24-17(10-22-15)25-8-7-12(21)11-25)26-16-6-4-3-5-14(16)23-18(13)26/h3-6,9-10,12,27H,7-8,11,21H2,1-2H3. The first-order chi connectivity index (χ1) is 12.9. The van der Waals surface area contributed by atoms with Gasteiger partial charge in [-0.05, 0) is 38.5 Å². The van der Waals surface area contributed by atoms with E-state index in [9.17, 15) is 5.11 Å². The van der Waals surface area contributed by atoms with Gasteiger partial charge in [0, 0.05) is 24.7 Å². The Labute approximate surface area is 156 Å². The molecule has 1 unspecified atom stereocenters. The average Bonchev–Trinajstić information content (AvgIpc) is 3.23. The van der Waals surface area contributed by atoms with E-state index in [2.05, 4.69) is 9.88 Å². The van der Waals surface area contributed by atoms with Gasteiger partial charge in [-0.2, -0.15) is 0 Å². The summed E-state index contributed by atoms with van der Waals surface area (Å²) >= 11 is 0. The zero-order valence-electron chi connectivity index (χ0n) is 15.4. The van der Waals surface area contributed by atoms with Crippen molar-refractivity contribution < 1.29 is 5.11 Å². The quantitative estimate of drug-likeness (QED) is 0.568. The van der Waals surface area contributed by atoms with Crippen molar-refractivity contribution in [1.29, 1.82) is 0 Å². The highest BCUT2D eigenvalue weighted by molar-refractivity contribution is 5.89. The van der Waals surface area contributed by atoms with Crippen LogP contribution in [0.15, 0.2) is 36.5 Å². The smallest absolute Gasteiger partial charge is 0.167 e. The molecular weight excluding hydrogens is 340 g/mol. The van der Waals surface area contributed by atoms with Crippen molar-refractivity contribution in [3.8, 4) is 0 Å². The number of aromatic nitrogens is 4. The second kappa shape index (κ2) is 5.61. The van der Waals surface area contributed by atoms with Crippen molar-refractivity contribution in [1.82, 2.24) is 19.4 Å². The van der Waals surface area contributed by atoms with E-state index in [0.717, 1.165) is 53.1 Å². The first kappa shape index (κ1) is 16.4. The van der Waals surface area contributed by atoms with Gasteiger partial charge >= 0.3 is 0 Å². The molecule has 1 fully saturated rings. The van der Waals surface area contributed by atoms with Gasteiger partial charge in [0.2, 0.25) is 0 Å². The van der Waals surface area contributed by atoms with Crippen LogP contribution in [0.1, 0.15) is 25.8 Å². The van der Waals surface area contributed by atoms with Gasteiger partial charge in [0.25, 0.3) is 0 Å². The van der Waals surface area contributed by atoms with Crippen molar-refractivity contribution in [2.75, 3.05) is 18.0 Å². The highest BCUT2D eigenvalue weighted by Crippen LogP contribution is 2.31. The maximum atomic E-state index is 10.7. The predicted octanol–water partition coefficient (Wildman–Crippen LogP) is 2.20. The van der Waals surface area contributed by atoms with Gasteiger partial charge in [0.15, 0.2) is 5.65 Å². The van der Waals surface area contributed by atoms with Gasteiger partial charge in [-0.25, -0.2) is 15.0 Å². The Morgan fingerprint density at radius 3 is 2.70 bits per heavy atom. The lowest BCUT2D eigenvalue weighted by molar-refractivity contribution is 0.0798. The number of aliphatic hydroxyl groups is 1. The summed E-state index contributed by atoms with van der Waals surface area (Å²) < 4.78 is 2.00. The van der Waals surface area contributed by atoms with Crippen molar-refractivity contribution in [2.24, 2.45) is 5.73 Å². The number of anilines is 1. The molecule has 7 heteroatoms. The lowest BCUT2D eigenvalue weighted by Gasteiger charge is -2.20. The summed E-state index contributed by atoms with van der Waals surface area (Å²) in [5, 5.41) is 10.7. The third-order valence-electron chi connectivity index (χ3n) is 5.27. The maximum Gasteiger partial charge on any atom is 0.167 e. The summed E-state index contributed by atoms with van der Waals surface area (Å²) in [5.41, 5.74) is 9.75. The molecule has 7 nitrogen and oxygen atoms in total. The number of rotatable bonds is 2. The fourth-order valence-electron chi connectivity index (χ4n) is 3.87. The minimum Gasteiger partial charge on any atom is -0.386 e. The fourth-order valence-corrected chi connectivity index (χ4v) is 3.87. The van der Waals surface area contributed by atoms with E-state index < -0.39 is 5.60 Å². The lowest BCUT2D eigenvalue weighted by Crippen LogP contribution is -2.27. The molecule has 0 spiro atoms. The zero-order chi connectivity index (χ0) is 18.8. The predicted molar refractivity (Wildman–Crippen MR) is 106 cm³/mol. The Morgan fingerprint density at radius 1 is 1.15 bits per heavy atom. The monoisotopic (exact) mass is 362 g/mol. The molecule has 0 aliphatic carbocycles. The average molecular weight is 362 g/mol. The minimum absolute atomic E-state index is 0.175. The Bertz CT molecular complexity index is 1180. The van der Waals surface area contributed by atoms with Crippen LogP contribution in [0.4, 0.5) is 5.82 Å². The Morgan fingerprint density at radius 2 is 1.96 bits per heavy atom. The number of imidazole rings is 1. The van der Waals surface area contributed by atoms with Crippen LogP contribution in [0.5, 0.6) is 0 Å². The number of nitrogens with zero attached hydrogens (tertiary/aromatic N) is 5. The molecule has 27 heavy (non-hydrogen) atoms. The largest absolute Gasteiger partial charge is 0.386 e. The molecule has 1 atom stereocenters. The second-order valence-electron chi connectivity index (χ2n) is 7.81. The number of hydrogen-bond donors (Lipinski definition) is 2. The summed E-state index contributed by atoms with van der Waals surface area (Å²) in [6, 6.07) is 10.00. The number of fused-ring (bicyclic) bond motifs is 5. The van der Waals surface area contributed by atoms with E-state index in [1.807, 2.05) is 34.7 Å². The normalized spacial score (nSPS) is 18.2. The third kappa shape index (κ3) is 2.54. The van der Waals surface area contributed by atoms with Crippen LogP contribution in [-0.2, 0) is 5.60 Å². The van der Waals surface area contributed by atoms with Crippen LogP contribution in [0, 0.1) is 0 Å². The molecule has 5 rings (SSSR count). The first-order valence-corrected chi connectivity index (χ1v) is 9.22. The SMILES string of the molecule is CC(C)(O)c1cc2ncc(N3CCC(N)C3)nc2n2c1nc1ccccc12. The molecule has 0 saturated carbocycles. The summed E-state index contributed by atoms with van der Waals surface area (Å²) in [5.74, 6) is 0.825. The Kier molecular flexibility index (Phi) is 3.41. The van der Waals surface area contributed by atoms with E-state index in [4.69, 9.17) is 15.7 Å². The molecule has 0 bridgehead atoms. The van der Waals surface area contributed by atoms with Gasteiger partial charge in [0.1, 0.15) is 17.0 Å². The minimum atomic E-state index is -1.04. The van der Waals surface area contributed by atoms with Crippen LogP contribution in [0.2, 0.25) is 0 Å². The molecule has 1 aliphatic rings. The molecule has 0 radical (unpaired) electrons. The van der Waals surface area contributed by atoms with Gasteiger partial charge in [-0.3, -0.25) is 4.40 Å². The molecule has 3 N–H and O–H groups in total. The molecule has 1 saturated heterocycles. The molecule has 1 aliphatic heterocycles. The molecule has 138 valence electrons. The summed E-state index contributed by atoms with van der Waals surface area (Å²) in [7, 11) is 0. The Balaban J connectivity index is 1.86. The van der Waals surface area contributed by atoms with Crippen molar-refractivity contribution >= 4 is 33.7 Å². The first-order valence-electron chi connectivity index (χ1n) is 9.22. The fraction of sp³-hybridized carbons (Fsp3) is 0.350. The van der Waals surface area contributed by atoms with E-state index in [-0.39, 0.29) is 6.04 Å². The molecule has 0 amide bonds. The van der Waals surface area contributed by atoms with Gasteiger partial charge in [0.05, 0.1) is 22.8 Å². The lowest BCUT2D eigenvalue weighted by atomic mass is 9.99. The number of benzene rings is 1. The van der Waals surface area contributed by atoms with Gasteiger partial charge in [-0.1, -0.05) is 12.1 Å². The third-order valence-corrected chi connectivity index (χ3v) is 5.27. The summed E-state index contributed by atoms with van der Waals surface area (Å²) in [6.45, 7) is 5.20. The van der Waals surface area contributed by atoms with Crippen LogP contribution < -0.4 is 10.6 Å². The van der Waals surface area contributed by atoms with E-state index >= 15 is 0 Å².